The van der Waals surface area contributed by atoms with E-state index in [-0.39, 0.29) is 12.2 Å². The van der Waals surface area contributed by atoms with E-state index in [4.69, 9.17) is 10.8 Å². The number of hydrogen-bond donors (Lipinski definition) is 2. The lowest BCUT2D eigenvalue weighted by Crippen LogP contribution is -2.11. The average molecular weight is 258 g/mol. The summed E-state index contributed by atoms with van der Waals surface area (Å²) in [5, 5.41) is 8.77. The molecule has 2 rings (SSSR count). The number of carboxylic acid groups (broad SMARTS) is 1. The van der Waals surface area contributed by atoms with Crippen molar-refractivity contribution < 1.29 is 14.7 Å². The summed E-state index contributed by atoms with van der Waals surface area (Å²) in [5.74, 6) is -1.08. The Kier molecular flexibility index (Phi) is 3.37. The fourth-order valence-corrected chi connectivity index (χ4v) is 1.90. The summed E-state index contributed by atoms with van der Waals surface area (Å²) in [4.78, 5) is 23.0. The van der Waals surface area contributed by atoms with Gasteiger partial charge in [-0.2, -0.15) is 0 Å². The van der Waals surface area contributed by atoms with Crippen LogP contribution in [0, 0.1) is 0 Å². The third kappa shape index (κ3) is 2.65. The summed E-state index contributed by atoms with van der Waals surface area (Å²) in [5.41, 5.74) is 7.74. The summed E-state index contributed by atoms with van der Waals surface area (Å²) in [6.07, 6.45) is -0.106. The van der Waals surface area contributed by atoms with Crippen molar-refractivity contribution in [1.82, 2.24) is 4.57 Å². The zero-order valence-electron chi connectivity index (χ0n) is 10.5. The molecule has 5 nitrogen and oxygen atoms in total. The molecule has 98 valence electrons. The number of hydrogen-bond acceptors (Lipinski definition) is 3. The van der Waals surface area contributed by atoms with E-state index in [1.165, 1.54) is 0 Å². The van der Waals surface area contributed by atoms with E-state index in [2.05, 4.69) is 0 Å². The molecule has 0 aliphatic carbocycles. The maximum absolute atomic E-state index is 12.3. The summed E-state index contributed by atoms with van der Waals surface area (Å²) in [6, 6.07) is 9.92. The highest BCUT2D eigenvalue weighted by molar-refractivity contribution is 6.08. The van der Waals surface area contributed by atoms with Gasteiger partial charge in [0.15, 0.2) is 0 Å². The molecule has 0 fully saturated rings. The fraction of sp³-hybridized carbons (Fsp3) is 0.143. The third-order valence-electron chi connectivity index (χ3n) is 2.96. The number of rotatable bonds is 4. The van der Waals surface area contributed by atoms with E-state index in [1.807, 2.05) is 0 Å². The minimum absolute atomic E-state index is 0.106. The van der Waals surface area contributed by atoms with Crippen LogP contribution in [0.2, 0.25) is 0 Å². The Morgan fingerprint density at radius 2 is 1.79 bits per heavy atom. The molecule has 5 heteroatoms. The maximum atomic E-state index is 12.3. The molecule has 0 unspecified atom stereocenters. The Morgan fingerprint density at radius 1 is 1.16 bits per heavy atom. The molecule has 0 saturated heterocycles. The minimum atomic E-state index is -0.923. The summed E-state index contributed by atoms with van der Waals surface area (Å²) in [7, 11) is 1.68. The first-order valence-electron chi connectivity index (χ1n) is 5.75. The predicted molar refractivity (Wildman–Crippen MR) is 71.0 cm³/mol. The van der Waals surface area contributed by atoms with Crippen LogP contribution < -0.4 is 5.73 Å². The maximum Gasteiger partial charge on any atom is 0.309 e. The third-order valence-corrected chi connectivity index (χ3v) is 2.96. The van der Waals surface area contributed by atoms with Crippen molar-refractivity contribution in [1.29, 1.82) is 0 Å². The SMILES string of the molecule is Cn1c(CC(=O)O)ccc1C(=O)c1ccc(N)cc1. The largest absolute Gasteiger partial charge is 0.481 e. The Morgan fingerprint density at radius 3 is 2.37 bits per heavy atom. The lowest BCUT2D eigenvalue weighted by molar-refractivity contribution is -0.136. The normalized spacial score (nSPS) is 10.4. The van der Waals surface area contributed by atoms with Gasteiger partial charge in [-0.3, -0.25) is 9.59 Å². The van der Waals surface area contributed by atoms with E-state index >= 15 is 0 Å². The van der Waals surface area contributed by atoms with Gasteiger partial charge in [0.25, 0.3) is 0 Å². The number of nitrogens with two attached hydrogens (primary N) is 1. The van der Waals surface area contributed by atoms with Crippen LogP contribution >= 0.6 is 0 Å². The van der Waals surface area contributed by atoms with Crippen molar-refractivity contribution in [2.75, 3.05) is 5.73 Å². The smallest absolute Gasteiger partial charge is 0.309 e. The molecule has 3 N–H and O–H groups in total. The molecule has 1 aromatic heterocycles. The molecule has 0 radical (unpaired) electrons. The number of benzene rings is 1. The Hall–Kier alpha value is -2.56. The van der Waals surface area contributed by atoms with Crippen LogP contribution in [0.1, 0.15) is 21.7 Å². The highest BCUT2D eigenvalue weighted by Gasteiger charge is 2.15. The molecule has 0 aliphatic heterocycles. The molecule has 0 bridgehead atoms. The van der Waals surface area contributed by atoms with Gasteiger partial charge < -0.3 is 15.4 Å². The van der Waals surface area contributed by atoms with Gasteiger partial charge >= 0.3 is 5.97 Å². The molecule has 0 atom stereocenters. The van der Waals surface area contributed by atoms with E-state index in [1.54, 1.807) is 48.0 Å². The number of carbonyl (C=O) groups excluding carboxylic acids is 1. The number of aliphatic carboxylic acids is 1. The second-order valence-corrected chi connectivity index (χ2v) is 4.29. The van der Waals surface area contributed by atoms with E-state index in [0.29, 0.717) is 22.6 Å². The second kappa shape index (κ2) is 4.97. The quantitative estimate of drug-likeness (QED) is 0.642. The summed E-state index contributed by atoms with van der Waals surface area (Å²) >= 11 is 0. The number of nitrogen functional groups attached to an aromatic ring is 1. The molecule has 19 heavy (non-hydrogen) atoms. The van der Waals surface area contributed by atoms with Gasteiger partial charge in [0, 0.05) is 24.0 Å². The van der Waals surface area contributed by atoms with Crippen molar-refractivity contribution in [3.8, 4) is 0 Å². The molecular weight excluding hydrogens is 244 g/mol. The van der Waals surface area contributed by atoms with Crippen LogP contribution in [-0.2, 0) is 18.3 Å². The van der Waals surface area contributed by atoms with Gasteiger partial charge in [0.05, 0.1) is 12.1 Å². The highest BCUT2D eigenvalue weighted by Crippen LogP contribution is 2.15. The molecule has 1 heterocycles. The van der Waals surface area contributed by atoms with Crippen molar-refractivity contribution in [2.45, 2.75) is 6.42 Å². The zero-order chi connectivity index (χ0) is 14.0. The number of nitrogens with zero attached hydrogens (tertiary/aromatic N) is 1. The number of carbonyl (C=O) groups is 2. The predicted octanol–water partition coefficient (Wildman–Crippen LogP) is 1.47. The van der Waals surface area contributed by atoms with Crippen LogP contribution in [-0.4, -0.2) is 21.4 Å². The summed E-state index contributed by atoms with van der Waals surface area (Å²) in [6.45, 7) is 0. The molecular formula is C14H14N2O3. The molecule has 2 aromatic rings. The Bertz CT molecular complexity index is 627. The van der Waals surface area contributed by atoms with Crippen LogP contribution in [0.3, 0.4) is 0 Å². The lowest BCUT2D eigenvalue weighted by Gasteiger charge is -2.06. The Labute approximate surface area is 110 Å². The fourth-order valence-electron chi connectivity index (χ4n) is 1.90. The van der Waals surface area contributed by atoms with E-state index in [0.717, 1.165) is 0 Å². The van der Waals surface area contributed by atoms with Gasteiger partial charge in [-0.25, -0.2) is 0 Å². The first-order chi connectivity index (χ1) is 8.99. The molecule has 0 aliphatic rings. The first kappa shape index (κ1) is 12.9. The molecule has 1 aromatic carbocycles. The van der Waals surface area contributed by atoms with Crippen molar-refractivity contribution in [3.05, 3.63) is 53.3 Å². The van der Waals surface area contributed by atoms with Gasteiger partial charge in [-0.1, -0.05) is 0 Å². The van der Waals surface area contributed by atoms with Crippen LogP contribution in [0.5, 0.6) is 0 Å². The van der Waals surface area contributed by atoms with Crippen molar-refractivity contribution >= 4 is 17.4 Å². The molecule has 0 saturated carbocycles. The van der Waals surface area contributed by atoms with Gasteiger partial charge in [-0.15, -0.1) is 0 Å². The first-order valence-corrected chi connectivity index (χ1v) is 5.75. The standard InChI is InChI=1S/C14H14N2O3/c1-16-11(8-13(17)18)6-7-12(16)14(19)9-2-4-10(15)5-3-9/h2-7H,8,15H2,1H3,(H,17,18). The molecule has 0 amide bonds. The van der Waals surface area contributed by atoms with Gasteiger partial charge in [0.1, 0.15) is 0 Å². The average Bonchev–Trinajstić information content (AvgIpc) is 2.70. The lowest BCUT2D eigenvalue weighted by atomic mass is 10.1. The van der Waals surface area contributed by atoms with Crippen LogP contribution in [0.25, 0.3) is 0 Å². The highest BCUT2D eigenvalue weighted by atomic mass is 16.4. The van der Waals surface area contributed by atoms with Crippen LogP contribution in [0.15, 0.2) is 36.4 Å². The number of carboxylic acids is 1. The Balaban J connectivity index is 2.32. The number of ketones is 1. The number of aromatic nitrogens is 1. The topological polar surface area (TPSA) is 85.3 Å². The van der Waals surface area contributed by atoms with Gasteiger partial charge in [-0.05, 0) is 36.4 Å². The minimum Gasteiger partial charge on any atom is -0.481 e. The van der Waals surface area contributed by atoms with Crippen molar-refractivity contribution in [2.24, 2.45) is 7.05 Å². The van der Waals surface area contributed by atoms with Crippen LogP contribution in [0.4, 0.5) is 5.69 Å². The van der Waals surface area contributed by atoms with Crippen molar-refractivity contribution in [3.63, 3.8) is 0 Å². The van der Waals surface area contributed by atoms with E-state index < -0.39 is 5.97 Å². The summed E-state index contributed by atoms with van der Waals surface area (Å²) < 4.78 is 1.60. The van der Waals surface area contributed by atoms with Gasteiger partial charge in [0.2, 0.25) is 5.78 Å². The zero-order valence-corrected chi connectivity index (χ0v) is 10.5. The second-order valence-electron chi connectivity index (χ2n) is 4.29. The van der Waals surface area contributed by atoms with E-state index in [9.17, 15) is 9.59 Å². The molecule has 0 spiro atoms. The number of anilines is 1. The monoisotopic (exact) mass is 258 g/mol.